The molecule has 0 bridgehead atoms. The first-order valence-electron chi connectivity index (χ1n) is 9.50. The van der Waals surface area contributed by atoms with Crippen molar-refractivity contribution in [3.05, 3.63) is 29.3 Å². The van der Waals surface area contributed by atoms with Crippen molar-refractivity contribution in [2.45, 2.75) is 39.8 Å². The SMILES string of the molecule is CC(C)[C@@H](C)NC(=O)CN1CCN(Cc2ccc3c(c2)CCO3)CC1. The fourth-order valence-corrected chi connectivity index (χ4v) is 3.37. The van der Waals surface area contributed by atoms with Gasteiger partial charge in [-0.3, -0.25) is 14.6 Å². The highest BCUT2D eigenvalue weighted by atomic mass is 16.5. The Hall–Kier alpha value is -1.59. The van der Waals surface area contributed by atoms with Crippen molar-refractivity contribution in [3.8, 4) is 5.75 Å². The van der Waals surface area contributed by atoms with Crippen molar-refractivity contribution in [3.63, 3.8) is 0 Å². The van der Waals surface area contributed by atoms with Crippen LogP contribution in [0.5, 0.6) is 5.75 Å². The molecule has 0 unspecified atom stereocenters. The van der Waals surface area contributed by atoms with Crippen molar-refractivity contribution in [1.29, 1.82) is 0 Å². The normalized spacial score (nSPS) is 19.5. The van der Waals surface area contributed by atoms with Crippen LogP contribution < -0.4 is 10.1 Å². The molecule has 1 atom stereocenters. The van der Waals surface area contributed by atoms with Crippen LogP contribution in [0.15, 0.2) is 18.2 Å². The molecule has 0 radical (unpaired) electrons. The fraction of sp³-hybridized carbons (Fsp3) is 0.650. The molecule has 2 heterocycles. The van der Waals surface area contributed by atoms with Gasteiger partial charge in [0.15, 0.2) is 0 Å². The maximum absolute atomic E-state index is 12.1. The van der Waals surface area contributed by atoms with Crippen LogP contribution in [0, 0.1) is 5.92 Å². The summed E-state index contributed by atoms with van der Waals surface area (Å²) in [6.45, 7) is 12.6. The topological polar surface area (TPSA) is 44.8 Å². The van der Waals surface area contributed by atoms with E-state index in [1.165, 1.54) is 11.1 Å². The smallest absolute Gasteiger partial charge is 0.234 e. The first-order chi connectivity index (χ1) is 12.0. The Balaban J connectivity index is 1.42. The first-order valence-corrected chi connectivity index (χ1v) is 9.50. The summed E-state index contributed by atoms with van der Waals surface area (Å²) in [5.74, 6) is 1.67. The van der Waals surface area contributed by atoms with E-state index < -0.39 is 0 Å². The summed E-state index contributed by atoms with van der Waals surface area (Å²) in [6.07, 6.45) is 1.03. The number of nitrogens with one attached hydrogen (secondary N) is 1. The molecule has 1 N–H and O–H groups in total. The monoisotopic (exact) mass is 345 g/mol. The molecule has 0 aromatic heterocycles. The van der Waals surface area contributed by atoms with Crippen LogP contribution in [0.2, 0.25) is 0 Å². The number of carbonyl (C=O) groups is 1. The van der Waals surface area contributed by atoms with Gasteiger partial charge in [0.25, 0.3) is 0 Å². The Labute approximate surface area is 151 Å². The molecule has 138 valence electrons. The van der Waals surface area contributed by atoms with Gasteiger partial charge in [-0.15, -0.1) is 0 Å². The van der Waals surface area contributed by atoms with E-state index in [4.69, 9.17) is 4.74 Å². The van der Waals surface area contributed by atoms with E-state index in [1.807, 2.05) is 0 Å². The average molecular weight is 345 g/mol. The molecule has 3 rings (SSSR count). The minimum Gasteiger partial charge on any atom is -0.493 e. The molecule has 25 heavy (non-hydrogen) atoms. The Kier molecular flexibility index (Phi) is 5.97. The Morgan fingerprint density at radius 3 is 2.60 bits per heavy atom. The van der Waals surface area contributed by atoms with Crippen LogP contribution in [0.3, 0.4) is 0 Å². The van der Waals surface area contributed by atoms with Gasteiger partial charge in [0.2, 0.25) is 5.91 Å². The van der Waals surface area contributed by atoms with Crippen LogP contribution in [-0.2, 0) is 17.8 Å². The summed E-state index contributed by atoms with van der Waals surface area (Å²) in [5.41, 5.74) is 2.70. The van der Waals surface area contributed by atoms with Crippen molar-refractivity contribution in [2.75, 3.05) is 39.3 Å². The number of rotatable bonds is 6. The molecule has 1 amide bonds. The van der Waals surface area contributed by atoms with Gasteiger partial charge in [-0.25, -0.2) is 0 Å². The molecule has 2 aliphatic rings. The highest BCUT2D eigenvalue weighted by molar-refractivity contribution is 5.78. The van der Waals surface area contributed by atoms with E-state index in [2.05, 4.69) is 54.1 Å². The van der Waals surface area contributed by atoms with Gasteiger partial charge in [0.05, 0.1) is 13.2 Å². The molecule has 1 aromatic rings. The van der Waals surface area contributed by atoms with Gasteiger partial charge >= 0.3 is 0 Å². The van der Waals surface area contributed by atoms with Gasteiger partial charge < -0.3 is 10.1 Å². The maximum atomic E-state index is 12.1. The fourth-order valence-electron chi connectivity index (χ4n) is 3.37. The predicted octanol–water partition coefficient (Wildman–Crippen LogP) is 1.90. The highest BCUT2D eigenvalue weighted by Crippen LogP contribution is 2.26. The Bertz CT molecular complexity index is 595. The van der Waals surface area contributed by atoms with Crippen LogP contribution in [0.4, 0.5) is 0 Å². The maximum Gasteiger partial charge on any atom is 0.234 e. The lowest BCUT2D eigenvalue weighted by Crippen LogP contribution is -2.50. The molecular formula is C20H31N3O2. The predicted molar refractivity (Wildman–Crippen MR) is 99.8 cm³/mol. The van der Waals surface area contributed by atoms with E-state index in [0.717, 1.165) is 51.5 Å². The highest BCUT2D eigenvalue weighted by Gasteiger charge is 2.21. The summed E-state index contributed by atoms with van der Waals surface area (Å²) < 4.78 is 5.58. The van der Waals surface area contributed by atoms with E-state index >= 15 is 0 Å². The molecule has 5 nitrogen and oxygen atoms in total. The van der Waals surface area contributed by atoms with Gasteiger partial charge in [-0.05, 0) is 30.0 Å². The summed E-state index contributed by atoms with van der Waals surface area (Å²) in [6, 6.07) is 6.80. The summed E-state index contributed by atoms with van der Waals surface area (Å²) in [5, 5.41) is 3.10. The largest absolute Gasteiger partial charge is 0.493 e. The molecule has 5 heteroatoms. The second-order valence-electron chi connectivity index (χ2n) is 7.69. The third kappa shape index (κ3) is 4.95. The summed E-state index contributed by atoms with van der Waals surface area (Å²) in [4.78, 5) is 16.9. The molecular weight excluding hydrogens is 314 g/mol. The van der Waals surface area contributed by atoms with Gasteiger partial charge in [0.1, 0.15) is 5.75 Å². The number of carbonyl (C=O) groups excluding carboxylic acids is 1. The van der Waals surface area contributed by atoms with E-state index in [1.54, 1.807) is 0 Å². The van der Waals surface area contributed by atoms with E-state index in [-0.39, 0.29) is 11.9 Å². The average Bonchev–Trinajstić information content (AvgIpc) is 3.04. The van der Waals surface area contributed by atoms with Crippen LogP contribution in [-0.4, -0.2) is 61.1 Å². The van der Waals surface area contributed by atoms with Gasteiger partial charge in [-0.1, -0.05) is 26.0 Å². The van der Waals surface area contributed by atoms with Crippen molar-refractivity contribution in [1.82, 2.24) is 15.1 Å². The zero-order valence-corrected chi connectivity index (χ0v) is 15.8. The minimum atomic E-state index is 0.147. The summed E-state index contributed by atoms with van der Waals surface area (Å²) in [7, 11) is 0. The third-order valence-electron chi connectivity index (χ3n) is 5.38. The second-order valence-corrected chi connectivity index (χ2v) is 7.69. The molecule has 1 aromatic carbocycles. The number of ether oxygens (including phenoxy) is 1. The number of amides is 1. The van der Waals surface area contributed by atoms with Crippen molar-refractivity contribution >= 4 is 5.91 Å². The molecule has 0 aliphatic carbocycles. The number of hydrogen-bond acceptors (Lipinski definition) is 4. The molecule has 1 saturated heterocycles. The van der Waals surface area contributed by atoms with Crippen molar-refractivity contribution in [2.24, 2.45) is 5.92 Å². The quantitative estimate of drug-likeness (QED) is 0.855. The lowest BCUT2D eigenvalue weighted by molar-refractivity contribution is -0.123. The standard InChI is InChI=1S/C20H31N3O2/c1-15(2)16(3)21-20(24)14-23-9-7-22(8-10-23)13-17-4-5-19-18(12-17)6-11-25-19/h4-5,12,15-16H,6-11,13-14H2,1-3H3,(H,21,24)/t16-/m1/s1. The van der Waals surface area contributed by atoms with Crippen molar-refractivity contribution < 1.29 is 9.53 Å². The van der Waals surface area contributed by atoms with Gasteiger partial charge in [-0.2, -0.15) is 0 Å². The number of benzene rings is 1. The number of fused-ring (bicyclic) bond motifs is 1. The molecule has 0 spiro atoms. The Morgan fingerprint density at radius 1 is 1.16 bits per heavy atom. The van der Waals surface area contributed by atoms with E-state index in [9.17, 15) is 4.79 Å². The zero-order chi connectivity index (χ0) is 17.8. The minimum absolute atomic E-state index is 0.147. The zero-order valence-electron chi connectivity index (χ0n) is 15.8. The number of piperazine rings is 1. The number of nitrogens with zero attached hydrogens (tertiary/aromatic N) is 2. The lowest BCUT2D eigenvalue weighted by Gasteiger charge is -2.34. The molecule has 0 saturated carbocycles. The number of hydrogen-bond donors (Lipinski definition) is 1. The van der Waals surface area contributed by atoms with Crippen LogP contribution in [0.1, 0.15) is 31.9 Å². The molecule has 2 aliphatic heterocycles. The first kappa shape index (κ1) is 18.2. The summed E-state index contributed by atoms with van der Waals surface area (Å²) >= 11 is 0. The van der Waals surface area contributed by atoms with E-state index in [0.29, 0.717) is 12.5 Å². The second kappa shape index (κ2) is 8.19. The Morgan fingerprint density at radius 2 is 1.88 bits per heavy atom. The third-order valence-corrected chi connectivity index (χ3v) is 5.38. The van der Waals surface area contributed by atoms with Crippen LogP contribution in [0.25, 0.3) is 0 Å². The van der Waals surface area contributed by atoms with Gasteiger partial charge in [0, 0.05) is 45.2 Å². The molecule has 1 fully saturated rings. The van der Waals surface area contributed by atoms with Crippen LogP contribution >= 0.6 is 0 Å². The lowest BCUT2D eigenvalue weighted by atomic mass is 10.1.